The third kappa shape index (κ3) is 3.24. The summed E-state index contributed by atoms with van der Waals surface area (Å²) in [7, 11) is 0. The molecule has 0 spiro atoms. The van der Waals surface area contributed by atoms with Crippen LogP contribution >= 0.6 is 11.6 Å². The zero-order chi connectivity index (χ0) is 9.68. The molecule has 0 aromatic carbocycles. The molecule has 1 heterocycles. The van der Waals surface area contributed by atoms with Crippen molar-refractivity contribution in [2.75, 3.05) is 13.2 Å². The lowest BCUT2D eigenvalue weighted by molar-refractivity contribution is -0.00469. The molecular weight excluding hydrogens is 192 g/mol. The van der Waals surface area contributed by atoms with Gasteiger partial charge < -0.3 is 20.6 Å². The van der Waals surface area contributed by atoms with Gasteiger partial charge in [0, 0.05) is 19.1 Å². The summed E-state index contributed by atoms with van der Waals surface area (Å²) in [5.41, 5.74) is 5.49. The minimum atomic E-state index is 0.0717. The van der Waals surface area contributed by atoms with E-state index in [0.717, 1.165) is 19.1 Å². The molecule has 1 aliphatic rings. The molecule has 1 rings (SSSR count). The first-order valence-electron chi connectivity index (χ1n) is 4.14. The first kappa shape index (κ1) is 10.3. The van der Waals surface area contributed by atoms with E-state index in [4.69, 9.17) is 32.2 Å². The Morgan fingerprint density at radius 3 is 2.69 bits per heavy atom. The SMILES string of the molecule is N=CC(Cl)=C(N)OC1CCOCC1. The Hall–Kier alpha value is -0.740. The van der Waals surface area contributed by atoms with Crippen molar-refractivity contribution in [1.82, 2.24) is 0 Å². The largest absolute Gasteiger partial charge is 0.475 e. The van der Waals surface area contributed by atoms with Gasteiger partial charge in [0.15, 0.2) is 0 Å². The number of nitrogens with one attached hydrogen (secondary N) is 1. The molecule has 0 atom stereocenters. The van der Waals surface area contributed by atoms with Gasteiger partial charge in [0.25, 0.3) is 0 Å². The molecule has 0 amide bonds. The quantitative estimate of drug-likeness (QED) is 0.536. The molecule has 3 N–H and O–H groups in total. The summed E-state index contributed by atoms with van der Waals surface area (Å²) in [4.78, 5) is 0. The first-order valence-corrected chi connectivity index (χ1v) is 4.52. The number of ether oxygens (including phenoxy) is 2. The van der Waals surface area contributed by atoms with Crippen molar-refractivity contribution >= 4 is 17.8 Å². The maximum Gasteiger partial charge on any atom is 0.205 e. The smallest absolute Gasteiger partial charge is 0.205 e. The molecule has 0 saturated carbocycles. The van der Waals surface area contributed by atoms with Gasteiger partial charge in [-0.3, -0.25) is 0 Å². The van der Waals surface area contributed by atoms with Crippen molar-refractivity contribution in [2.45, 2.75) is 18.9 Å². The van der Waals surface area contributed by atoms with Gasteiger partial charge in [-0.15, -0.1) is 0 Å². The van der Waals surface area contributed by atoms with Crippen LogP contribution in [-0.2, 0) is 9.47 Å². The number of nitrogens with two attached hydrogens (primary N) is 1. The van der Waals surface area contributed by atoms with Gasteiger partial charge in [0.2, 0.25) is 5.88 Å². The predicted molar refractivity (Wildman–Crippen MR) is 50.8 cm³/mol. The fourth-order valence-corrected chi connectivity index (χ4v) is 1.15. The minimum Gasteiger partial charge on any atom is -0.475 e. The van der Waals surface area contributed by atoms with E-state index < -0.39 is 0 Å². The average Bonchev–Trinajstić information content (AvgIpc) is 2.18. The average molecular weight is 205 g/mol. The van der Waals surface area contributed by atoms with Crippen molar-refractivity contribution < 1.29 is 9.47 Å². The van der Waals surface area contributed by atoms with E-state index in [0.29, 0.717) is 13.2 Å². The molecule has 1 saturated heterocycles. The molecule has 0 aliphatic carbocycles. The Morgan fingerprint density at radius 1 is 1.54 bits per heavy atom. The molecular formula is C8H13ClN2O2. The number of hydrogen-bond acceptors (Lipinski definition) is 4. The van der Waals surface area contributed by atoms with Crippen molar-refractivity contribution in [3.05, 3.63) is 10.9 Å². The third-order valence-electron chi connectivity index (χ3n) is 1.82. The topological polar surface area (TPSA) is 68.3 Å². The van der Waals surface area contributed by atoms with Gasteiger partial charge in [-0.1, -0.05) is 11.6 Å². The minimum absolute atomic E-state index is 0.0717. The molecule has 0 radical (unpaired) electrons. The van der Waals surface area contributed by atoms with Crippen LogP contribution < -0.4 is 5.73 Å². The third-order valence-corrected chi connectivity index (χ3v) is 2.12. The lowest BCUT2D eigenvalue weighted by Crippen LogP contribution is -2.25. The molecule has 74 valence electrons. The monoisotopic (exact) mass is 204 g/mol. The van der Waals surface area contributed by atoms with Crippen LogP contribution in [0.2, 0.25) is 0 Å². The molecule has 5 heteroatoms. The van der Waals surface area contributed by atoms with E-state index in [-0.39, 0.29) is 17.0 Å². The van der Waals surface area contributed by atoms with Crippen LogP contribution in [0.5, 0.6) is 0 Å². The van der Waals surface area contributed by atoms with Crippen LogP contribution in [0.15, 0.2) is 10.9 Å². The van der Waals surface area contributed by atoms with E-state index in [1.54, 1.807) is 0 Å². The highest BCUT2D eigenvalue weighted by Crippen LogP contribution is 2.14. The lowest BCUT2D eigenvalue weighted by Gasteiger charge is -2.23. The summed E-state index contributed by atoms with van der Waals surface area (Å²) in [5, 5.41) is 7.00. The molecule has 0 unspecified atom stereocenters. The summed E-state index contributed by atoms with van der Waals surface area (Å²) in [6.45, 7) is 1.39. The maximum absolute atomic E-state index is 6.86. The van der Waals surface area contributed by atoms with E-state index in [1.807, 2.05) is 0 Å². The van der Waals surface area contributed by atoms with Crippen LogP contribution in [0.25, 0.3) is 0 Å². The normalized spacial score (nSPS) is 20.7. The molecule has 0 aromatic heterocycles. The van der Waals surface area contributed by atoms with Gasteiger partial charge in [0.1, 0.15) is 11.1 Å². The van der Waals surface area contributed by atoms with E-state index >= 15 is 0 Å². The molecule has 1 fully saturated rings. The van der Waals surface area contributed by atoms with Crippen molar-refractivity contribution in [3.63, 3.8) is 0 Å². The van der Waals surface area contributed by atoms with Crippen LogP contribution in [-0.4, -0.2) is 25.5 Å². The number of rotatable bonds is 3. The lowest BCUT2D eigenvalue weighted by atomic mass is 10.2. The van der Waals surface area contributed by atoms with E-state index in [1.165, 1.54) is 0 Å². The Kier molecular flexibility index (Phi) is 4.05. The van der Waals surface area contributed by atoms with Crippen LogP contribution in [0.4, 0.5) is 0 Å². The van der Waals surface area contributed by atoms with E-state index in [2.05, 4.69) is 0 Å². The fourth-order valence-electron chi connectivity index (χ4n) is 1.10. The Labute approximate surface area is 82.2 Å². The summed E-state index contributed by atoms with van der Waals surface area (Å²) in [6.07, 6.45) is 2.68. The molecule has 1 aliphatic heterocycles. The highest BCUT2D eigenvalue weighted by molar-refractivity contribution is 6.39. The second-order valence-corrected chi connectivity index (χ2v) is 3.19. The Morgan fingerprint density at radius 2 is 2.15 bits per heavy atom. The molecule has 13 heavy (non-hydrogen) atoms. The standard InChI is InChI=1S/C8H13ClN2O2/c9-7(5-10)8(11)13-6-1-3-12-4-2-6/h5-6,10H,1-4,11H2. The number of allylic oxidation sites excluding steroid dienone is 1. The second kappa shape index (κ2) is 5.09. The van der Waals surface area contributed by atoms with Crippen LogP contribution in [0.3, 0.4) is 0 Å². The van der Waals surface area contributed by atoms with Crippen molar-refractivity contribution in [1.29, 1.82) is 5.41 Å². The van der Waals surface area contributed by atoms with E-state index in [9.17, 15) is 0 Å². The molecule has 4 nitrogen and oxygen atoms in total. The van der Waals surface area contributed by atoms with Crippen LogP contribution in [0, 0.1) is 5.41 Å². The zero-order valence-electron chi connectivity index (χ0n) is 7.25. The van der Waals surface area contributed by atoms with Gasteiger partial charge in [0.05, 0.1) is 13.2 Å². The van der Waals surface area contributed by atoms with Crippen LogP contribution in [0.1, 0.15) is 12.8 Å². The molecule has 0 aromatic rings. The van der Waals surface area contributed by atoms with Crippen molar-refractivity contribution in [2.24, 2.45) is 5.73 Å². The van der Waals surface area contributed by atoms with Gasteiger partial charge in [-0.25, -0.2) is 0 Å². The maximum atomic E-state index is 6.86. The highest BCUT2D eigenvalue weighted by Gasteiger charge is 2.16. The summed E-state index contributed by atoms with van der Waals surface area (Å²) < 4.78 is 10.5. The number of hydrogen-bond donors (Lipinski definition) is 2. The fraction of sp³-hybridized carbons (Fsp3) is 0.625. The van der Waals surface area contributed by atoms with Gasteiger partial charge in [-0.05, 0) is 0 Å². The molecule has 0 bridgehead atoms. The predicted octanol–water partition coefficient (Wildman–Crippen LogP) is 1.20. The summed E-state index contributed by atoms with van der Waals surface area (Å²) >= 11 is 5.59. The van der Waals surface area contributed by atoms with Gasteiger partial charge >= 0.3 is 0 Å². The summed E-state index contributed by atoms with van der Waals surface area (Å²) in [6, 6.07) is 0. The summed E-state index contributed by atoms with van der Waals surface area (Å²) in [5.74, 6) is 0.128. The Balaban J connectivity index is 2.42. The highest BCUT2D eigenvalue weighted by atomic mass is 35.5. The zero-order valence-corrected chi connectivity index (χ0v) is 8.01. The van der Waals surface area contributed by atoms with Gasteiger partial charge in [-0.2, -0.15) is 0 Å². The second-order valence-electron chi connectivity index (χ2n) is 2.79. The van der Waals surface area contributed by atoms with Crippen molar-refractivity contribution in [3.8, 4) is 0 Å². The first-order chi connectivity index (χ1) is 6.24. The number of halogens is 1. The Bertz CT molecular complexity index is 212.